The Morgan fingerprint density at radius 3 is 2.68 bits per heavy atom. The zero-order valence-electron chi connectivity index (χ0n) is 11.3. The van der Waals surface area contributed by atoms with Crippen LogP contribution in [0.5, 0.6) is 0 Å². The van der Waals surface area contributed by atoms with E-state index in [1.807, 2.05) is 24.3 Å². The standard InChI is InChI=1S/C14H11IN4O3/c15-12(10-5-7-11(8-6-10)19(20)21)9-22-18-14-4-2-1-3-13(14)16-17-18/h1-8,12H,9H2/t12-/m0/s1. The number of benzene rings is 2. The molecule has 3 rings (SSSR count). The summed E-state index contributed by atoms with van der Waals surface area (Å²) in [4.78, 5) is 17.3. The van der Waals surface area contributed by atoms with Gasteiger partial charge in [0.05, 0.1) is 8.85 Å². The number of hydrogen-bond acceptors (Lipinski definition) is 5. The Balaban J connectivity index is 1.69. The highest BCUT2D eigenvalue weighted by molar-refractivity contribution is 14.1. The van der Waals surface area contributed by atoms with Crippen LogP contribution in [0.2, 0.25) is 0 Å². The molecule has 0 radical (unpaired) electrons. The van der Waals surface area contributed by atoms with Gasteiger partial charge in [-0.1, -0.05) is 51.7 Å². The number of aromatic nitrogens is 3. The number of nitro groups is 1. The van der Waals surface area contributed by atoms with Gasteiger partial charge in [0.15, 0.2) is 0 Å². The fourth-order valence-electron chi connectivity index (χ4n) is 1.98. The molecule has 0 spiro atoms. The van der Waals surface area contributed by atoms with Crippen molar-refractivity contribution >= 4 is 39.3 Å². The van der Waals surface area contributed by atoms with Crippen LogP contribution in [0.15, 0.2) is 48.5 Å². The number of non-ortho nitro benzene ring substituents is 1. The van der Waals surface area contributed by atoms with Crippen LogP contribution >= 0.6 is 22.6 Å². The first-order chi connectivity index (χ1) is 10.6. The zero-order chi connectivity index (χ0) is 15.5. The van der Waals surface area contributed by atoms with E-state index in [0.29, 0.717) is 6.61 Å². The van der Waals surface area contributed by atoms with Crippen LogP contribution in [0.1, 0.15) is 9.49 Å². The molecule has 2 aromatic carbocycles. The van der Waals surface area contributed by atoms with Gasteiger partial charge in [-0.05, 0) is 22.9 Å². The fourth-order valence-corrected chi connectivity index (χ4v) is 2.56. The maximum atomic E-state index is 10.6. The largest absolute Gasteiger partial charge is 0.393 e. The Morgan fingerprint density at radius 2 is 1.95 bits per heavy atom. The second-order valence-electron chi connectivity index (χ2n) is 4.56. The van der Waals surface area contributed by atoms with Crippen molar-refractivity contribution in [1.82, 2.24) is 15.2 Å². The van der Waals surface area contributed by atoms with Crippen LogP contribution in [-0.2, 0) is 0 Å². The molecule has 0 fully saturated rings. The molecule has 0 N–H and O–H groups in total. The molecule has 1 heterocycles. The van der Waals surface area contributed by atoms with E-state index in [4.69, 9.17) is 4.84 Å². The number of nitrogens with zero attached hydrogens (tertiary/aromatic N) is 4. The van der Waals surface area contributed by atoms with E-state index in [1.165, 1.54) is 17.0 Å². The van der Waals surface area contributed by atoms with Crippen molar-refractivity contribution in [3.8, 4) is 0 Å². The lowest BCUT2D eigenvalue weighted by molar-refractivity contribution is -0.384. The van der Waals surface area contributed by atoms with Crippen molar-refractivity contribution in [2.75, 3.05) is 6.61 Å². The topological polar surface area (TPSA) is 83.1 Å². The molecular formula is C14H11IN4O3. The monoisotopic (exact) mass is 410 g/mol. The maximum Gasteiger partial charge on any atom is 0.269 e. The number of rotatable bonds is 5. The van der Waals surface area contributed by atoms with Gasteiger partial charge < -0.3 is 4.84 Å². The third-order valence-corrected chi connectivity index (χ3v) is 4.21. The summed E-state index contributed by atoms with van der Waals surface area (Å²) < 4.78 is 0.0429. The van der Waals surface area contributed by atoms with Gasteiger partial charge in [-0.15, -0.1) is 5.10 Å². The summed E-state index contributed by atoms with van der Waals surface area (Å²) in [6, 6.07) is 14.0. The minimum absolute atomic E-state index is 0.0429. The first-order valence-corrected chi connectivity index (χ1v) is 7.72. The molecule has 1 aromatic heterocycles. The molecule has 0 saturated carbocycles. The molecule has 0 bridgehead atoms. The van der Waals surface area contributed by atoms with Gasteiger partial charge in [0.1, 0.15) is 17.6 Å². The average Bonchev–Trinajstić information content (AvgIpc) is 2.96. The second-order valence-corrected chi connectivity index (χ2v) is 6.07. The lowest BCUT2D eigenvalue weighted by Crippen LogP contribution is -2.17. The summed E-state index contributed by atoms with van der Waals surface area (Å²) >= 11 is 2.23. The number of para-hydroxylation sites is 1. The Bertz CT molecular complexity index is 803. The molecule has 0 aliphatic heterocycles. The average molecular weight is 410 g/mol. The SMILES string of the molecule is O=[N+]([O-])c1ccc([C@@H](I)COn2nnc3ccccc32)cc1. The molecule has 7 nitrogen and oxygen atoms in total. The van der Waals surface area contributed by atoms with Crippen LogP contribution in [0, 0.1) is 10.1 Å². The Morgan fingerprint density at radius 1 is 1.23 bits per heavy atom. The van der Waals surface area contributed by atoms with Gasteiger partial charge in [0.25, 0.3) is 5.69 Å². The van der Waals surface area contributed by atoms with E-state index in [2.05, 4.69) is 32.9 Å². The highest BCUT2D eigenvalue weighted by Gasteiger charge is 2.12. The van der Waals surface area contributed by atoms with Gasteiger partial charge >= 0.3 is 0 Å². The third-order valence-electron chi connectivity index (χ3n) is 3.13. The Kier molecular flexibility index (Phi) is 4.18. The van der Waals surface area contributed by atoms with Crippen LogP contribution in [-0.4, -0.2) is 26.7 Å². The molecule has 1 atom stereocenters. The van der Waals surface area contributed by atoms with Crippen LogP contribution in [0.3, 0.4) is 0 Å². The first-order valence-electron chi connectivity index (χ1n) is 6.47. The summed E-state index contributed by atoms with van der Waals surface area (Å²) in [6.45, 7) is 0.381. The van der Waals surface area contributed by atoms with E-state index in [1.54, 1.807) is 12.1 Å². The van der Waals surface area contributed by atoms with Gasteiger partial charge in [-0.3, -0.25) is 10.1 Å². The maximum absolute atomic E-state index is 10.6. The van der Waals surface area contributed by atoms with E-state index >= 15 is 0 Å². The molecule has 0 amide bonds. The zero-order valence-corrected chi connectivity index (χ0v) is 13.5. The summed E-state index contributed by atoms with van der Waals surface area (Å²) in [5.74, 6) is 0. The van der Waals surface area contributed by atoms with E-state index in [0.717, 1.165) is 16.6 Å². The molecule has 0 aliphatic rings. The highest BCUT2D eigenvalue weighted by Crippen LogP contribution is 2.25. The van der Waals surface area contributed by atoms with Gasteiger partial charge in [-0.25, -0.2) is 0 Å². The van der Waals surface area contributed by atoms with Gasteiger partial charge in [0.2, 0.25) is 0 Å². The van der Waals surface area contributed by atoms with Gasteiger partial charge in [0, 0.05) is 12.1 Å². The first kappa shape index (κ1) is 14.7. The predicted molar refractivity (Wildman–Crippen MR) is 88.8 cm³/mol. The van der Waals surface area contributed by atoms with Crippen molar-refractivity contribution in [3.63, 3.8) is 0 Å². The Hall–Kier alpha value is -2.23. The number of hydrogen-bond donors (Lipinski definition) is 0. The van der Waals surface area contributed by atoms with E-state index < -0.39 is 4.92 Å². The van der Waals surface area contributed by atoms with Crippen molar-refractivity contribution in [2.45, 2.75) is 3.92 Å². The number of fused-ring (bicyclic) bond motifs is 1. The van der Waals surface area contributed by atoms with Gasteiger partial charge in [-0.2, -0.15) is 0 Å². The number of halogens is 1. The van der Waals surface area contributed by atoms with E-state index in [9.17, 15) is 10.1 Å². The lowest BCUT2D eigenvalue weighted by atomic mass is 10.1. The minimum atomic E-state index is -0.413. The van der Waals surface area contributed by atoms with Crippen LogP contribution in [0.4, 0.5) is 5.69 Å². The summed E-state index contributed by atoms with van der Waals surface area (Å²) in [5, 5.41) is 18.6. The van der Waals surface area contributed by atoms with Crippen LogP contribution < -0.4 is 4.84 Å². The molecule has 0 unspecified atom stereocenters. The lowest BCUT2D eigenvalue weighted by Gasteiger charge is -2.11. The van der Waals surface area contributed by atoms with Crippen molar-refractivity contribution < 1.29 is 9.76 Å². The van der Waals surface area contributed by atoms with Crippen LogP contribution in [0.25, 0.3) is 11.0 Å². The molecule has 0 saturated heterocycles. The predicted octanol–water partition coefficient (Wildman–Crippen LogP) is 2.94. The molecule has 112 valence electrons. The summed E-state index contributed by atoms with van der Waals surface area (Å²) in [5.41, 5.74) is 2.60. The quantitative estimate of drug-likeness (QED) is 0.280. The summed E-state index contributed by atoms with van der Waals surface area (Å²) in [7, 11) is 0. The fraction of sp³-hybridized carbons (Fsp3) is 0.143. The van der Waals surface area contributed by atoms with Crippen molar-refractivity contribution in [1.29, 1.82) is 0 Å². The molecule has 3 aromatic rings. The molecule has 0 aliphatic carbocycles. The molecule has 8 heteroatoms. The normalized spacial score (nSPS) is 12.2. The minimum Gasteiger partial charge on any atom is -0.393 e. The number of nitro benzene ring substituents is 1. The third kappa shape index (κ3) is 3.01. The summed E-state index contributed by atoms with van der Waals surface area (Å²) in [6.07, 6.45) is 0. The molecule has 22 heavy (non-hydrogen) atoms. The Labute approximate surface area is 139 Å². The van der Waals surface area contributed by atoms with Crippen molar-refractivity contribution in [3.05, 3.63) is 64.2 Å². The number of alkyl halides is 1. The smallest absolute Gasteiger partial charge is 0.269 e. The molecular weight excluding hydrogens is 399 g/mol. The highest BCUT2D eigenvalue weighted by atomic mass is 127. The van der Waals surface area contributed by atoms with Crippen molar-refractivity contribution in [2.24, 2.45) is 0 Å². The second kappa shape index (κ2) is 6.26. The van der Waals surface area contributed by atoms with E-state index in [-0.39, 0.29) is 9.61 Å².